The van der Waals surface area contributed by atoms with Crippen molar-refractivity contribution in [3.8, 4) is 0 Å². The highest BCUT2D eigenvalue weighted by Gasteiger charge is 2.28. The minimum absolute atomic E-state index is 0.0602. The Kier molecular flexibility index (Phi) is 3.23. The molecule has 0 N–H and O–H groups in total. The lowest BCUT2D eigenvalue weighted by atomic mass is 10.2. The van der Waals surface area contributed by atoms with Crippen LogP contribution in [0.15, 0.2) is 16.8 Å². The minimum Gasteiger partial charge on any atom is -0.341 e. The summed E-state index contributed by atoms with van der Waals surface area (Å²) in [6, 6.07) is 2.12. The Morgan fingerprint density at radius 2 is 2.50 bits per heavy atom. The molecular weight excluding hydrogens is 262 g/mol. The summed E-state index contributed by atoms with van der Waals surface area (Å²) in [6.07, 6.45) is 1.93. The van der Waals surface area contributed by atoms with Gasteiger partial charge >= 0.3 is 0 Å². The molecule has 1 fully saturated rings. The largest absolute Gasteiger partial charge is 0.341 e. The first-order chi connectivity index (χ1) is 6.77. The van der Waals surface area contributed by atoms with Gasteiger partial charge in [-0.1, -0.05) is 15.9 Å². The zero-order valence-electron chi connectivity index (χ0n) is 7.78. The van der Waals surface area contributed by atoms with Crippen LogP contribution < -0.4 is 0 Å². The monoisotopic (exact) mass is 273 g/mol. The van der Waals surface area contributed by atoms with Gasteiger partial charge in [0.25, 0.3) is 0 Å². The van der Waals surface area contributed by atoms with E-state index in [4.69, 9.17) is 0 Å². The predicted molar refractivity (Wildman–Crippen MR) is 61.9 cm³/mol. The van der Waals surface area contributed by atoms with Gasteiger partial charge in [-0.25, -0.2) is 0 Å². The maximum atomic E-state index is 11.5. The van der Waals surface area contributed by atoms with Crippen molar-refractivity contribution in [1.82, 2.24) is 4.90 Å². The maximum absolute atomic E-state index is 11.5. The number of rotatable bonds is 3. The fourth-order valence-electron chi connectivity index (χ4n) is 1.62. The van der Waals surface area contributed by atoms with Gasteiger partial charge in [0.1, 0.15) is 0 Å². The fourth-order valence-corrected chi connectivity index (χ4v) is 2.82. The Labute approximate surface area is 96.0 Å². The number of likely N-dealkylation sites (tertiary alicyclic amines) is 1. The Morgan fingerprint density at radius 1 is 1.64 bits per heavy atom. The van der Waals surface area contributed by atoms with Gasteiger partial charge in [-0.3, -0.25) is 4.79 Å². The van der Waals surface area contributed by atoms with Gasteiger partial charge in [-0.05, 0) is 35.2 Å². The third kappa shape index (κ3) is 2.17. The number of carbonyl (C=O) groups is 1. The number of alkyl halides is 1. The SMILES string of the molecule is O=C1C(Br)CCN1CCc1ccsc1. The Bertz CT molecular complexity index is 312. The van der Waals surface area contributed by atoms with Crippen molar-refractivity contribution in [3.05, 3.63) is 22.4 Å². The molecule has 0 spiro atoms. The molecule has 1 aliphatic rings. The van der Waals surface area contributed by atoms with Crippen molar-refractivity contribution in [2.24, 2.45) is 0 Å². The van der Waals surface area contributed by atoms with Gasteiger partial charge in [-0.15, -0.1) is 0 Å². The molecule has 1 aromatic rings. The van der Waals surface area contributed by atoms with E-state index in [0.717, 1.165) is 25.9 Å². The van der Waals surface area contributed by atoms with E-state index in [2.05, 4.69) is 32.8 Å². The first-order valence-corrected chi connectivity index (χ1v) is 6.57. The van der Waals surface area contributed by atoms with Crippen LogP contribution in [0.3, 0.4) is 0 Å². The van der Waals surface area contributed by atoms with Gasteiger partial charge in [-0.2, -0.15) is 11.3 Å². The molecule has 0 bridgehead atoms. The molecule has 1 aliphatic heterocycles. The predicted octanol–water partition coefficient (Wildman–Crippen LogP) is 2.29. The number of hydrogen-bond donors (Lipinski definition) is 0. The van der Waals surface area contributed by atoms with Crippen LogP contribution in [0.4, 0.5) is 0 Å². The highest BCUT2D eigenvalue weighted by molar-refractivity contribution is 9.10. The molecule has 1 saturated heterocycles. The van der Waals surface area contributed by atoms with Crippen LogP contribution in [0.1, 0.15) is 12.0 Å². The minimum atomic E-state index is 0.0602. The van der Waals surface area contributed by atoms with E-state index in [-0.39, 0.29) is 10.7 Å². The average molecular weight is 274 g/mol. The van der Waals surface area contributed by atoms with Gasteiger partial charge in [0, 0.05) is 13.1 Å². The second-order valence-electron chi connectivity index (χ2n) is 3.46. The lowest BCUT2D eigenvalue weighted by Crippen LogP contribution is -2.29. The third-order valence-electron chi connectivity index (χ3n) is 2.48. The second-order valence-corrected chi connectivity index (χ2v) is 5.35. The number of halogens is 1. The van der Waals surface area contributed by atoms with E-state index in [1.54, 1.807) is 11.3 Å². The first kappa shape index (κ1) is 10.2. The molecule has 76 valence electrons. The highest BCUT2D eigenvalue weighted by Crippen LogP contribution is 2.18. The summed E-state index contributed by atoms with van der Waals surface area (Å²) in [5.41, 5.74) is 1.33. The molecule has 0 aromatic carbocycles. The number of carbonyl (C=O) groups excluding carboxylic acids is 1. The van der Waals surface area contributed by atoms with Crippen molar-refractivity contribution in [2.45, 2.75) is 17.7 Å². The molecule has 1 aromatic heterocycles. The molecule has 2 heterocycles. The number of nitrogens with zero attached hydrogens (tertiary/aromatic N) is 1. The molecule has 1 unspecified atom stereocenters. The van der Waals surface area contributed by atoms with E-state index in [0.29, 0.717) is 0 Å². The van der Waals surface area contributed by atoms with Crippen molar-refractivity contribution < 1.29 is 4.79 Å². The summed E-state index contributed by atoms with van der Waals surface area (Å²) < 4.78 is 0. The lowest BCUT2D eigenvalue weighted by molar-refractivity contribution is -0.127. The molecule has 0 radical (unpaired) electrons. The summed E-state index contributed by atoms with van der Waals surface area (Å²) in [7, 11) is 0. The van der Waals surface area contributed by atoms with Crippen molar-refractivity contribution in [2.75, 3.05) is 13.1 Å². The molecule has 1 amide bonds. The van der Waals surface area contributed by atoms with Crippen LogP contribution in [-0.4, -0.2) is 28.7 Å². The summed E-state index contributed by atoms with van der Waals surface area (Å²) in [4.78, 5) is 13.5. The van der Waals surface area contributed by atoms with E-state index >= 15 is 0 Å². The molecule has 4 heteroatoms. The molecule has 2 nitrogen and oxygen atoms in total. The van der Waals surface area contributed by atoms with Crippen LogP contribution in [-0.2, 0) is 11.2 Å². The number of hydrogen-bond acceptors (Lipinski definition) is 2. The zero-order valence-corrected chi connectivity index (χ0v) is 10.2. The van der Waals surface area contributed by atoms with Crippen LogP contribution in [0, 0.1) is 0 Å². The molecule has 14 heavy (non-hydrogen) atoms. The van der Waals surface area contributed by atoms with E-state index in [1.807, 2.05) is 4.90 Å². The Morgan fingerprint density at radius 3 is 3.07 bits per heavy atom. The topological polar surface area (TPSA) is 20.3 Å². The molecular formula is C10H12BrNOS. The van der Waals surface area contributed by atoms with Gasteiger partial charge in [0.15, 0.2) is 0 Å². The zero-order chi connectivity index (χ0) is 9.97. The van der Waals surface area contributed by atoms with Crippen LogP contribution in [0.2, 0.25) is 0 Å². The van der Waals surface area contributed by atoms with Crippen LogP contribution >= 0.6 is 27.3 Å². The smallest absolute Gasteiger partial charge is 0.236 e. The summed E-state index contributed by atoms with van der Waals surface area (Å²) in [5, 5.41) is 4.22. The second kappa shape index (κ2) is 4.45. The lowest BCUT2D eigenvalue weighted by Gasteiger charge is -2.14. The standard InChI is InChI=1S/C10H12BrNOS/c11-9-2-5-12(10(9)13)4-1-8-3-6-14-7-8/h3,6-7,9H,1-2,4-5H2. The van der Waals surface area contributed by atoms with Crippen LogP contribution in [0.5, 0.6) is 0 Å². The van der Waals surface area contributed by atoms with Crippen LogP contribution in [0.25, 0.3) is 0 Å². The normalized spacial score (nSPS) is 21.9. The molecule has 0 saturated carbocycles. The Hall–Kier alpha value is -0.350. The molecule has 1 atom stereocenters. The first-order valence-electron chi connectivity index (χ1n) is 4.71. The van der Waals surface area contributed by atoms with E-state index < -0.39 is 0 Å². The highest BCUT2D eigenvalue weighted by atomic mass is 79.9. The van der Waals surface area contributed by atoms with Crippen molar-refractivity contribution in [1.29, 1.82) is 0 Å². The number of thiophene rings is 1. The van der Waals surface area contributed by atoms with E-state index in [9.17, 15) is 4.79 Å². The van der Waals surface area contributed by atoms with Gasteiger partial charge < -0.3 is 4.90 Å². The van der Waals surface area contributed by atoms with Gasteiger partial charge in [0.05, 0.1) is 4.83 Å². The summed E-state index contributed by atoms with van der Waals surface area (Å²) >= 11 is 5.08. The average Bonchev–Trinajstić information content (AvgIpc) is 2.77. The quantitative estimate of drug-likeness (QED) is 0.774. The van der Waals surface area contributed by atoms with Crippen molar-refractivity contribution >= 4 is 33.2 Å². The fraction of sp³-hybridized carbons (Fsp3) is 0.500. The molecule has 0 aliphatic carbocycles. The maximum Gasteiger partial charge on any atom is 0.236 e. The third-order valence-corrected chi connectivity index (χ3v) is 4.06. The Balaban J connectivity index is 1.84. The van der Waals surface area contributed by atoms with Gasteiger partial charge in [0.2, 0.25) is 5.91 Å². The summed E-state index contributed by atoms with van der Waals surface area (Å²) in [5.74, 6) is 0.250. The molecule has 2 rings (SSSR count). The number of amides is 1. The van der Waals surface area contributed by atoms with Crippen molar-refractivity contribution in [3.63, 3.8) is 0 Å². The van der Waals surface area contributed by atoms with E-state index in [1.165, 1.54) is 5.56 Å². The summed E-state index contributed by atoms with van der Waals surface area (Å²) in [6.45, 7) is 1.76.